The minimum atomic E-state index is -0.476. The van der Waals surface area contributed by atoms with Crippen LogP contribution in [-0.2, 0) is 6.54 Å². The van der Waals surface area contributed by atoms with Crippen molar-refractivity contribution in [2.24, 2.45) is 0 Å². The third-order valence-electron chi connectivity index (χ3n) is 2.10. The fraction of sp³-hybridized carbons (Fsp3) is 0.222. The molecule has 3 N–H and O–H groups in total. The summed E-state index contributed by atoms with van der Waals surface area (Å²) in [6.45, 7) is 1.85. The van der Waals surface area contributed by atoms with E-state index in [0.29, 0.717) is 11.5 Å². The Morgan fingerprint density at radius 3 is 2.94 bits per heavy atom. The minimum absolute atomic E-state index is 0.0547. The molecule has 2 heterocycles. The molecule has 2 aromatic heterocycles. The van der Waals surface area contributed by atoms with Gasteiger partial charge in [-0.25, -0.2) is 0 Å². The molecule has 88 valence electrons. The van der Waals surface area contributed by atoms with Crippen molar-refractivity contribution >= 4 is 5.91 Å². The topological polar surface area (TPSA) is 116 Å². The van der Waals surface area contributed by atoms with E-state index in [4.69, 9.17) is 0 Å². The maximum Gasteiger partial charge on any atom is 0.260 e. The highest BCUT2D eigenvalue weighted by molar-refractivity contribution is 5.93. The van der Waals surface area contributed by atoms with Crippen molar-refractivity contribution in [3.63, 3.8) is 0 Å². The van der Waals surface area contributed by atoms with Crippen LogP contribution in [0.4, 0.5) is 0 Å². The van der Waals surface area contributed by atoms with Crippen LogP contribution in [-0.4, -0.2) is 31.5 Å². The van der Waals surface area contributed by atoms with E-state index in [9.17, 15) is 9.59 Å². The van der Waals surface area contributed by atoms with Crippen LogP contribution < -0.4 is 10.9 Å². The molecule has 0 radical (unpaired) electrons. The lowest BCUT2D eigenvalue weighted by Crippen LogP contribution is -2.29. The number of nitrogens with one attached hydrogen (secondary N) is 3. The van der Waals surface area contributed by atoms with Crippen molar-refractivity contribution in [2.75, 3.05) is 0 Å². The van der Waals surface area contributed by atoms with Gasteiger partial charge in [0.1, 0.15) is 5.56 Å². The summed E-state index contributed by atoms with van der Waals surface area (Å²) in [5.74, 6) is -0.127. The quantitative estimate of drug-likeness (QED) is 0.638. The molecule has 0 spiro atoms. The molecule has 0 saturated carbocycles. The van der Waals surface area contributed by atoms with Crippen molar-refractivity contribution in [3.8, 4) is 0 Å². The minimum Gasteiger partial charge on any atom is -0.344 e. The van der Waals surface area contributed by atoms with Gasteiger partial charge in [-0.1, -0.05) is 5.21 Å². The summed E-state index contributed by atoms with van der Waals surface area (Å²) in [6.07, 6.45) is 0. The number of H-pyrrole nitrogens is 2. The molecule has 0 saturated heterocycles. The number of tetrazole rings is 1. The lowest BCUT2D eigenvalue weighted by Gasteiger charge is -2.01. The molecule has 0 aliphatic heterocycles. The maximum atomic E-state index is 11.7. The first-order valence-electron chi connectivity index (χ1n) is 4.87. The van der Waals surface area contributed by atoms with Crippen LogP contribution in [0.1, 0.15) is 21.9 Å². The van der Waals surface area contributed by atoms with Gasteiger partial charge in [0.15, 0.2) is 5.82 Å². The smallest absolute Gasteiger partial charge is 0.260 e. The van der Waals surface area contributed by atoms with E-state index in [0.717, 1.165) is 0 Å². The van der Waals surface area contributed by atoms with Crippen LogP contribution in [0.3, 0.4) is 0 Å². The largest absolute Gasteiger partial charge is 0.344 e. The maximum absolute atomic E-state index is 11.7. The van der Waals surface area contributed by atoms with E-state index < -0.39 is 11.5 Å². The SMILES string of the molecule is Cc1ccc(C(=O)NCc2nn[nH]n2)c(=O)[nH]1. The van der Waals surface area contributed by atoms with Gasteiger partial charge in [0.2, 0.25) is 0 Å². The zero-order chi connectivity index (χ0) is 12.3. The van der Waals surface area contributed by atoms with Crippen molar-refractivity contribution in [2.45, 2.75) is 13.5 Å². The number of pyridine rings is 1. The van der Waals surface area contributed by atoms with Crippen LogP contribution in [0.25, 0.3) is 0 Å². The van der Waals surface area contributed by atoms with E-state index in [1.54, 1.807) is 13.0 Å². The Morgan fingerprint density at radius 2 is 2.29 bits per heavy atom. The van der Waals surface area contributed by atoms with Crippen LogP contribution in [0.2, 0.25) is 0 Å². The number of hydrogen-bond acceptors (Lipinski definition) is 5. The third kappa shape index (κ3) is 2.54. The van der Waals surface area contributed by atoms with Gasteiger partial charge in [0.05, 0.1) is 6.54 Å². The predicted molar refractivity (Wildman–Crippen MR) is 57.1 cm³/mol. The summed E-state index contributed by atoms with van der Waals surface area (Å²) < 4.78 is 0. The average Bonchev–Trinajstić information content (AvgIpc) is 2.78. The molecule has 0 aromatic carbocycles. The van der Waals surface area contributed by atoms with Gasteiger partial charge in [0, 0.05) is 5.69 Å². The second kappa shape index (κ2) is 4.56. The van der Waals surface area contributed by atoms with Crippen molar-refractivity contribution < 1.29 is 4.79 Å². The lowest BCUT2D eigenvalue weighted by atomic mass is 10.2. The fourth-order valence-electron chi connectivity index (χ4n) is 1.26. The van der Waals surface area contributed by atoms with Gasteiger partial charge in [-0.2, -0.15) is 5.21 Å². The van der Waals surface area contributed by atoms with Gasteiger partial charge in [-0.3, -0.25) is 9.59 Å². The Hall–Kier alpha value is -2.51. The molecule has 0 aliphatic carbocycles. The molecule has 0 bridgehead atoms. The van der Waals surface area contributed by atoms with Crippen molar-refractivity contribution in [1.29, 1.82) is 0 Å². The van der Waals surface area contributed by atoms with Crippen LogP contribution >= 0.6 is 0 Å². The molecule has 8 heteroatoms. The summed E-state index contributed by atoms with van der Waals surface area (Å²) in [7, 11) is 0. The molecule has 1 amide bonds. The number of aromatic nitrogens is 5. The number of carbonyl (C=O) groups excluding carboxylic acids is 1. The van der Waals surface area contributed by atoms with E-state index in [1.807, 2.05) is 0 Å². The molecule has 17 heavy (non-hydrogen) atoms. The highest BCUT2D eigenvalue weighted by Crippen LogP contribution is 1.94. The summed E-state index contributed by atoms with van der Waals surface area (Å²) in [5, 5.41) is 15.5. The number of nitrogens with zero attached hydrogens (tertiary/aromatic N) is 3. The number of amides is 1. The zero-order valence-corrected chi connectivity index (χ0v) is 9.02. The normalized spacial score (nSPS) is 10.2. The number of rotatable bonds is 3. The van der Waals surface area contributed by atoms with Gasteiger partial charge >= 0.3 is 0 Å². The van der Waals surface area contributed by atoms with Crippen LogP contribution in [0.5, 0.6) is 0 Å². The first kappa shape index (κ1) is 11.0. The second-order valence-corrected chi connectivity index (χ2v) is 3.39. The number of hydrogen-bond donors (Lipinski definition) is 3. The number of carbonyl (C=O) groups is 1. The number of aryl methyl sites for hydroxylation is 1. The first-order chi connectivity index (χ1) is 8.16. The van der Waals surface area contributed by atoms with E-state index in [-0.39, 0.29) is 12.1 Å². The molecule has 2 rings (SSSR count). The van der Waals surface area contributed by atoms with Gasteiger partial charge in [0.25, 0.3) is 11.5 Å². The van der Waals surface area contributed by atoms with Crippen molar-refractivity contribution in [1.82, 2.24) is 30.9 Å². The number of aromatic amines is 2. The van der Waals surface area contributed by atoms with Gasteiger partial charge in [-0.05, 0) is 19.1 Å². The molecule has 0 atom stereocenters. The van der Waals surface area contributed by atoms with Crippen LogP contribution in [0, 0.1) is 6.92 Å². The second-order valence-electron chi connectivity index (χ2n) is 3.39. The molecule has 2 aromatic rings. The highest BCUT2D eigenvalue weighted by Gasteiger charge is 2.10. The standard InChI is InChI=1S/C9H10N6O2/c1-5-2-3-6(9(17)11-5)8(16)10-4-7-12-14-15-13-7/h2-3H,4H2,1H3,(H,10,16)(H,11,17)(H,12,13,14,15). The molecular formula is C9H10N6O2. The van der Waals surface area contributed by atoms with E-state index >= 15 is 0 Å². The summed E-state index contributed by atoms with van der Waals surface area (Å²) in [6, 6.07) is 3.13. The molecule has 0 fully saturated rings. The lowest BCUT2D eigenvalue weighted by molar-refractivity contribution is 0.0948. The van der Waals surface area contributed by atoms with Gasteiger partial charge in [-0.15, -0.1) is 10.2 Å². The monoisotopic (exact) mass is 234 g/mol. The van der Waals surface area contributed by atoms with Crippen molar-refractivity contribution in [3.05, 3.63) is 39.6 Å². The third-order valence-corrected chi connectivity index (χ3v) is 2.10. The Morgan fingerprint density at radius 1 is 1.47 bits per heavy atom. The fourth-order valence-corrected chi connectivity index (χ4v) is 1.26. The Balaban J connectivity index is 2.07. The Bertz CT molecular complexity index is 573. The zero-order valence-electron chi connectivity index (χ0n) is 9.02. The molecule has 8 nitrogen and oxygen atoms in total. The van der Waals surface area contributed by atoms with Crippen LogP contribution in [0.15, 0.2) is 16.9 Å². The predicted octanol–water partition coefficient (Wildman–Crippen LogP) is -0.874. The summed E-state index contributed by atoms with van der Waals surface area (Å²) in [5.41, 5.74) is 0.333. The molecular weight excluding hydrogens is 224 g/mol. The highest BCUT2D eigenvalue weighted by atomic mass is 16.2. The Kier molecular flexibility index (Phi) is 2.95. The molecule has 0 aliphatic rings. The Labute approximate surface area is 95.4 Å². The average molecular weight is 234 g/mol. The van der Waals surface area contributed by atoms with E-state index in [1.165, 1.54) is 6.07 Å². The van der Waals surface area contributed by atoms with E-state index in [2.05, 4.69) is 30.9 Å². The first-order valence-corrected chi connectivity index (χ1v) is 4.87. The van der Waals surface area contributed by atoms with Gasteiger partial charge < -0.3 is 10.3 Å². The summed E-state index contributed by atoms with van der Waals surface area (Å²) >= 11 is 0. The summed E-state index contributed by atoms with van der Waals surface area (Å²) in [4.78, 5) is 25.7. The molecule has 0 unspecified atom stereocenters.